The van der Waals surface area contributed by atoms with E-state index >= 15 is 4.39 Å². The van der Waals surface area contributed by atoms with Crippen LogP contribution in [0.3, 0.4) is 0 Å². The molecule has 2 aliphatic carbocycles. The minimum Gasteiger partial charge on any atom is -0.376 e. The molecular weight excluding hydrogens is 529 g/mol. The highest BCUT2D eigenvalue weighted by Gasteiger charge is 2.32. The van der Waals surface area contributed by atoms with Gasteiger partial charge in [0.2, 0.25) is 5.82 Å². The summed E-state index contributed by atoms with van der Waals surface area (Å²) >= 11 is 0. The molecule has 1 aromatic heterocycles. The molecule has 0 saturated carbocycles. The normalized spacial score (nSPS) is 26.4. The van der Waals surface area contributed by atoms with E-state index in [-0.39, 0.29) is 41.4 Å². The van der Waals surface area contributed by atoms with E-state index in [1.165, 1.54) is 0 Å². The highest BCUT2D eigenvalue weighted by atomic mass is 19.1. The van der Waals surface area contributed by atoms with Crippen molar-refractivity contribution in [3.05, 3.63) is 95.0 Å². The van der Waals surface area contributed by atoms with Crippen LogP contribution in [0.4, 0.5) is 4.39 Å². The Morgan fingerprint density at radius 1 is 1.17 bits per heavy atom. The number of aromatic nitrogens is 2. The summed E-state index contributed by atoms with van der Waals surface area (Å²) in [5.74, 6) is 4.12. The fourth-order valence-corrected chi connectivity index (χ4v) is 6.00. The molecule has 0 spiro atoms. The summed E-state index contributed by atoms with van der Waals surface area (Å²) in [6.07, 6.45) is 13.4. The fraction of sp³-hybridized carbons (Fsp3) is 0.400. The van der Waals surface area contributed by atoms with Crippen molar-refractivity contribution in [3.63, 3.8) is 0 Å². The summed E-state index contributed by atoms with van der Waals surface area (Å²) in [4.78, 5) is 21.1. The molecule has 0 bridgehead atoms. The number of hydrogen-bond acceptors (Lipinski definition) is 6. The Bertz CT molecular complexity index is 1540. The quantitative estimate of drug-likeness (QED) is 0.322. The molecule has 1 aliphatic heterocycles. The van der Waals surface area contributed by atoms with Crippen molar-refractivity contribution in [3.8, 4) is 0 Å². The molecule has 2 heterocycles. The lowest BCUT2D eigenvalue weighted by molar-refractivity contribution is -0.117. The van der Waals surface area contributed by atoms with E-state index in [1.807, 2.05) is 61.6 Å². The number of halogens is 1. The molecule has 218 valence electrons. The van der Waals surface area contributed by atoms with Crippen LogP contribution in [0.1, 0.15) is 76.6 Å². The van der Waals surface area contributed by atoms with Crippen molar-refractivity contribution in [2.24, 2.45) is 22.7 Å². The molecule has 3 aliphatic rings. The van der Waals surface area contributed by atoms with E-state index < -0.39 is 0 Å². The minimum absolute atomic E-state index is 0.0344. The summed E-state index contributed by atoms with van der Waals surface area (Å²) in [5, 5.41) is 4.35. The van der Waals surface area contributed by atoms with Crippen LogP contribution >= 0.6 is 0 Å². The van der Waals surface area contributed by atoms with Gasteiger partial charge in [-0.05, 0) is 73.1 Å². The summed E-state index contributed by atoms with van der Waals surface area (Å²) in [6, 6.07) is 10.00. The van der Waals surface area contributed by atoms with Gasteiger partial charge in [-0.3, -0.25) is 0 Å². The van der Waals surface area contributed by atoms with E-state index in [0.717, 1.165) is 40.7 Å². The van der Waals surface area contributed by atoms with E-state index in [2.05, 4.69) is 24.0 Å². The maximum absolute atomic E-state index is 15.3. The van der Waals surface area contributed by atoms with Gasteiger partial charge in [0, 0.05) is 31.4 Å². The molecule has 0 N–H and O–H groups in total. The topological polar surface area (TPSA) is 77.6 Å². The van der Waals surface area contributed by atoms with Gasteiger partial charge in [-0.1, -0.05) is 79.2 Å². The average molecular weight is 568 g/mol. The number of Topliss-reactive ketones (excluding diaryl/α,β-unsaturated/α-hetero) is 1. The number of ketones is 1. The zero-order valence-electron chi connectivity index (χ0n) is 24.8. The van der Waals surface area contributed by atoms with Gasteiger partial charge in [-0.25, -0.2) is 9.38 Å². The van der Waals surface area contributed by atoms with Gasteiger partial charge in [-0.2, -0.15) is 4.98 Å². The zero-order valence-corrected chi connectivity index (χ0v) is 24.8. The Kier molecular flexibility index (Phi) is 9.41. The molecule has 0 saturated heterocycles. The molecule has 0 fully saturated rings. The van der Waals surface area contributed by atoms with Crippen LogP contribution in [-0.2, 0) is 9.53 Å². The number of ether oxygens (including phenoxy) is 1. The van der Waals surface area contributed by atoms with Crippen molar-refractivity contribution in [1.29, 1.82) is 0 Å². The number of rotatable bonds is 8. The fourth-order valence-electron chi connectivity index (χ4n) is 6.00. The second kappa shape index (κ2) is 13.4. The summed E-state index contributed by atoms with van der Waals surface area (Å²) < 4.78 is 27.0. The van der Waals surface area contributed by atoms with Crippen molar-refractivity contribution >= 4 is 28.5 Å². The van der Waals surface area contributed by atoms with Gasteiger partial charge < -0.3 is 14.1 Å². The van der Waals surface area contributed by atoms with Crippen molar-refractivity contribution < 1.29 is 18.4 Å². The largest absolute Gasteiger partial charge is 0.376 e. The second-order valence-corrected chi connectivity index (χ2v) is 11.5. The van der Waals surface area contributed by atoms with Gasteiger partial charge in [0.1, 0.15) is 17.3 Å². The number of aliphatic imine (C=N–C) groups is 1. The Hall–Kier alpha value is -3.93. The van der Waals surface area contributed by atoms with Crippen LogP contribution in [0.25, 0.3) is 16.8 Å². The third-order valence-electron chi connectivity index (χ3n) is 8.37. The highest BCUT2D eigenvalue weighted by Crippen LogP contribution is 2.41. The Labute approximate surface area is 247 Å². The predicted octanol–water partition coefficient (Wildman–Crippen LogP) is 8.13. The number of carbonyl (C=O) groups is 1. The molecule has 0 radical (unpaired) electrons. The Morgan fingerprint density at radius 2 is 1.98 bits per heavy atom. The van der Waals surface area contributed by atoms with Crippen molar-refractivity contribution in [2.75, 3.05) is 7.11 Å². The molecule has 4 unspecified atom stereocenters. The van der Waals surface area contributed by atoms with Gasteiger partial charge in [0.15, 0.2) is 0 Å². The molecular formula is C35H38FN3O3. The number of nitrogens with zero attached hydrogens (tertiary/aromatic N) is 3. The van der Waals surface area contributed by atoms with Crippen molar-refractivity contribution in [1.82, 2.24) is 10.1 Å². The third-order valence-corrected chi connectivity index (χ3v) is 8.37. The van der Waals surface area contributed by atoms with Crippen LogP contribution in [0, 0.1) is 17.8 Å². The molecule has 1 aromatic carbocycles. The van der Waals surface area contributed by atoms with E-state index in [9.17, 15) is 4.79 Å². The smallest absolute Gasteiger partial charge is 0.277 e. The number of carbonyl (C=O) groups excluding carboxylic acids is 1. The molecule has 7 heteroatoms. The first-order valence-electron chi connectivity index (χ1n) is 14.8. The maximum Gasteiger partial charge on any atom is 0.277 e. The van der Waals surface area contributed by atoms with Crippen LogP contribution in [-0.4, -0.2) is 35.0 Å². The van der Waals surface area contributed by atoms with E-state index in [4.69, 9.17) is 19.2 Å². The highest BCUT2D eigenvalue weighted by molar-refractivity contribution is 5.90. The number of allylic oxidation sites excluding steroid dienone is 8. The van der Waals surface area contributed by atoms with Gasteiger partial charge in [0.25, 0.3) is 5.89 Å². The predicted molar refractivity (Wildman–Crippen MR) is 164 cm³/mol. The molecule has 5 rings (SSSR count). The molecule has 6 nitrogen and oxygen atoms in total. The van der Waals surface area contributed by atoms with Crippen LogP contribution in [0.2, 0.25) is 0 Å². The van der Waals surface area contributed by atoms with Gasteiger partial charge >= 0.3 is 0 Å². The molecule has 42 heavy (non-hydrogen) atoms. The minimum atomic E-state index is -0.284. The molecule has 0 amide bonds. The first kappa shape index (κ1) is 29.6. The Balaban J connectivity index is 1.56. The van der Waals surface area contributed by atoms with E-state index in [1.54, 1.807) is 14.0 Å². The third kappa shape index (κ3) is 6.59. The first-order valence-corrected chi connectivity index (χ1v) is 14.8. The maximum atomic E-state index is 15.3. The number of methoxy groups -OCH3 is 1. The van der Waals surface area contributed by atoms with Crippen LogP contribution in [0.15, 0.2) is 87.2 Å². The monoisotopic (exact) mass is 567 g/mol. The SMILES string of the molecule is COC1C(c2noc(/C3=C(\c4ccccc4)CC(C4=C(F)CC(C)C=C4)CCC=C=N3)n2)=CC=C(CCC(C)=O)C1C. The van der Waals surface area contributed by atoms with Crippen molar-refractivity contribution in [2.45, 2.75) is 65.4 Å². The van der Waals surface area contributed by atoms with Gasteiger partial charge in [0.05, 0.1) is 6.10 Å². The summed E-state index contributed by atoms with van der Waals surface area (Å²) in [5.41, 5.74) is 5.14. The summed E-state index contributed by atoms with van der Waals surface area (Å²) in [6.45, 7) is 5.73. The second-order valence-electron chi connectivity index (χ2n) is 11.5. The van der Waals surface area contributed by atoms with Gasteiger partial charge in [-0.15, -0.1) is 0 Å². The lowest BCUT2D eigenvalue weighted by atomic mass is 9.81. The number of benzene rings is 1. The zero-order chi connectivity index (χ0) is 29.6. The van der Waals surface area contributed by atoms with Crippen LogP contribution in [0.5, 0.6) is 0 Å². The molecule has 2 aromatic rings. The standard InChI is InChI=1S/C35H38FN3O3/c1-22-13-17-28(31(36)20-22)27-12-8-9-19-37-32(30(21-27)26-10-6-5-7-11-26)35-38-34(39-42-35)29-18-16-25(15-14-23(2)40)24(3)33(29)41-4/h5-7,9-11,13,16-18,22,24,27,33H,8,12,14-15,20-21H2,1-4H3/b32-30+. The first-order chi connectivity index (χ1) is 20.4. The summed E-state index contributed by atoms with van der Waals surface area (Å²) in [7, 11) is 1.67. The molecule has 4 atom stereocenters. The lowest BCUT2D eigenvalue weighted by Gasteiger charge is -2.29. The van der Waals surface area contributed by atoms with E-state index in [0.29, 0.717) is 37.2 Å². The average Bonchev–Trinajstić information content (AvgIpc) is 3.49. The van der Waals surface area contributed by atoms with Crippen LogP contribution < -0.4 is 0 Å². The lowest BCUT2D eigenvalue weighted by Crippen LogP contribution is -2.27. The number of hydrogen-bond donors (Lipinski definition) is 0. The Morgan fingerprint density at radius 3 is 2.71 bits per heavy atom.